The highest BCUT2D eigenvalue weighted by atomic mass is 16.5. The van der Waals surface area contributed by atoms with Crippen LogP contribution in [-0.4, -0.2) is 13.2 Å². The summed E-state index contributed by atoms with van der Waals surface area (Å²) >= 11 is 0. The minimum absolute atomic E-state index is 0.545. The van der Waals surface area contributed by atoms with Crippen LogP contribution in [0, 0.1) is 13.8 Å². The van der Waals surface area contributed by atoms with E-state index in [-0.39, 0.29) is 0 Å². The Hall–Kier alpha value is -3.73. The number of nitrogen functional groups attached to an aromatic ring is 1. The van der Waals surface area contributed by atoms with Crippen LogP contribution in [0.25, 0.3) is 21.9 Å². The number of nitrogens with two attached hydrogens (primary N) is 1. The molecule has 0 saturated heterocycles. The Morgan fingerprint density at radius 3 is 2.19 bits per heavy atom. The molecule has 0 aliphatic rings. The van der Waals surface area contributed by atoms with Gasteiger partial charge in [0.2, 0.25) is 0 Å². The van der Waals surface area contributed by atoms with Gasteiger partial charge in [0.1, 0.15) is 23.0 Å². The number of anilines is 1. The van der Waals surface area contributed by atoms with Gasteiger partial charge in [-0.1, -0.05) is 24.3 Å². The van der Waals surface area contributed by atoms with Crippen LogP contribution in [0.4, 0.5) is 11.4 Å². The molecule has 3 aromatic carbocycles. The first-order valence-corrected chi connectivity index (χ1v) is 10.8. The quantitative estimate of drug-likeness (QED) is 0.364. The molecular formula is C27H28N2O3. The highest BCUT2D eigenvalue weighted by Gasteiger charge is 2.16. The van der Waals surface area contributed by atoms with Crippen LogP contribution in [0.3, 0.4) is 0 Å². The van der Waals surface area contributed by atoms with Gasteiger partial charge in [-0.25, -0.2) is 4.99 Å². The molecule has 0 aliphatic heterocycles. The number of benzene rings is 2. The number of aryl methyl sites for hydroxylation is 2. The van der Waals surface area contributed by atoms with Crippen molar-refractivity contribution in [3.05, 3.63) is 77.5 Å². The zero-order valence-electron chi connectivity index (χ0n) is 18.9. The normalized spacial score (nSPS) is 11.7. The monoisotopic (exact) mass is 428 g/mol. The largest absolute Gasteiger partial charge is 0.494 e. The van der Waals surface area contributed by atoms with Crippen LogP contribution in [-0.2, 0) is 0 Å². The molecule has 164 valence electrons. The summed E-state index contributed by atoms with van der Waals surface area (Å²) in [5.74, 6) is 3.20. The minimum atomic E-state index is 0.545. The predicted octanol–water partition coefficient (Wildman–Crippen LogP) is 6.33. The van der Waals surface area contributed by atoms with Crippen LogP contribution < -0.4 is 20.6 Å². The SMILES string of the molecule is CCOc1ccc(-c2cc(OCC)c3c(C)oc(C)c3c(=Nc3ccccc3N)c2)cc1. The van der Waals surface area contributed by atoms with Crippen molar-refractivity contribution in [2.75, 3.05) is 18.9 Å². The second-order valence-corrected chi connectivity index (χ2v) is 7.52. The average molecular weight is 429 g/mol. The molecule has 4 aromatic rings. The molecule has 1 heterocycles. The van der Waals surface area contributed by atoms with Crippen molar-refractivity contribution in [3.63, 3.8) is 0 Å². The summed E-state index contributed by atoms with van der Waals surface area (Å²) in [6.07, 6.45) is 0. The Morgan fingerprint density at radius 1 is 0.812 bits per heavy atom. The fraction of sp³-hybridized carbons (Fsp3) is 0.222. The van der Waals surface area contributed by atoms with Gasteiger partial charge < -0.3 is 19.6 Å². The number of ether oxygens (including phenoxy) is 2. The number of hydrogen-bond acceptors (Lipinski definition) is 5. The smallest absolute Gasteiger partial charge is 0.131 e. The van der Waals surface area contributed by atoms with E-state index in [2.05, 4.69) is 12.1 Å². The molecule has 4 rings (SSSR count). The Kier molecular flexibility index (Phi) is 6.17. The van der Waals surface area contributed by atoms with Gasteiger partial charge in [-0.2, -0.15) is 0 Å². The van der Waals surface area contributed by atoms with Gasteiger partial charge in [0.25, 0.3) is 0 Å². The van der Waals surface area contributed by atoms with Crippen molar-refractivity contribution in [2.45, 2.75) is 27.7 Å². The topological polar surface area (TPSA) is 70.0 Å². The van der Waals surface area contributed by atoms with Gasteiger partial charge in [-0.3, -0.25) is 0 Å². The third kappa shape index (κ3) is 4.19. The lowest BCUT2D eigenvalue weighted by Gasteiger charge is -2.06. The number of nitrogens with zero attached hydrogens (tertiary/aromatic N) is 1. The summed E-state index contributed by atoms with van der Waals surface area (Å²) in [5.41, 5.74) is 9.57. The molecule has 5 nitrogen and oxygen atoms in total. The Morgan fingerprint density at radius 2 is 1.50 bits per heavy atom. The second-order valence-electron chi connectivity index (χ2n) is 7.52. The van der Waals surface area contributed by atoms with E-state index in [4.69, 9.17) is 24.6 Å². The number of fused-ring (bicyclic) bond motifs is 1. The van der Waals surface area contributed by atoms with E-state index < -0.39 is 0 Å². The number of para-hydroxylation sites is 2. The third-order valence-corrected chi connectivity index (χ3v) is 5.32. The van der Waals surface area contributed by atoms with Crippen LogP contribution in [0.15, 0.2) is 70.1 Å². The Balaban J connectivity index is 2.07. The van der Waals surface area contributed by atoms with Crippen molar-refractivity contribution in [1.82, 2.24) is 0 Å². The van der Waals surface area contributed by atoms with E-state index in [0.29, 0.717) is 24.6 Å². The fourth-order valence-corrected chi connectivity index (χ4v) is 3.92. The maximum absolute atomic E-state index is 6.20. The first-order valence-electron chi connectivity index (χ1n) is 10.8. The standard InChI is InChI=1S/C27H28N2O3/c1-5-30-21-13-11-19(12-14-21)20-15-24(29-23-10-8-7-9-22(23)28)26-17(3)32-18(4)27(26)25(16-20)31-6-2/h7-16H,5-6,28H2,1-4H3. The summed E-state index contributed by atoms with van der Waals surface area (Å²) in [5, 5.41) is 2.63. The van der Waals surface area contributed by atoms with Crippen LogP contribution >= 0.6 is 0 Å². The summed E-state index contributed by atoms with van der Waals surface area (Å²) in [6.45, 7) is 9.04. The van der Waals surface area contributed by atoms with E-state index in [1.165, 1.54) is 0 Å². The molecular weight excluding hydrogens is 400 g/mol. The zero-order chi connectivity index (χ0) is 22.7. The van der Waals surface area contributed by atoms with Crippen molar-refractivity contribution in [2.24, 2.45) is 4.99 Å². The lowest BCUT2D eigenvalue weighted by molar-refractivity contribution is 0.340. The van der Waals surface area contributed by atoms with Gasteiger partial charge in [-0.15, -0.1) is 0 Å². The van der Waals surface area contributed by atoms with Crippen molar-refractivity contribution >= 4 is 22.1 Å². The fourth-order valence-electron chi connectivity index (χ4n) is 3.92. The molecule has 0 atom stereocenters. The van der Waals surface area contributed by atoms with Gasteiger partial charge in [0.15, 0.2) is 0 Å². The summed E-state index contributed by atoms with van der Waals surface area (Å²) < 4.78 is 17.7. The van der Waals surface area contributed by atoms with E-state index in [1.807, 2.05) is 76.2 Å². The lowest BCUT2D eigenvalue weighted by Crippen LogP contribution is -2.01. The van der Waals surface area contributed by atoms with Gasteiger partial charge in [-0.05, 0) is 75.2 Å². The maximum Gasteiger partial charge on any atom is 0.131 e. The van der Waals surface area contributed by atoms with Crippen molar-refractivity contribution in [1.29, 1.82) is 0 Å². The highest BCUT2D eigenvalue weighted by Crippen LogP contribution is 2.34. The van der Waals surface area contributed by atoms with Gasteiger partial charge in [0, 0.05) is 0 Å². The average Bonchev–Trinajstić information content (AvgIpc) is 2.97. The van der Waals surface area contributed by atoms with Crippen LogP contribution in [0.5, 0.6) is 11.5 Å². The van der Waals surface area contributed by atoms with Crippen LogP contribution in [0.2, 0.25) is 0 Å². The van der Waals surface area contributed by atoms with Gasteiger partial charge >= 0.3 is 0 Å². The summed E-state index contributed by atoms with van der Waals surface area (Å²) in [4.78, 5) is 4.95. The predicted molar refractivity (Wildman–Crippen MR) is 130 cm³/mol. The van der Waals surface area contributed by atoms with E-state index in [0.717, 1.165) is 50.3 Å². The van der Waals surface area contributed by atoms with Gasteiger partial charge in [0.05, 0.1) is 40.7 Å². The van der Waals surface area contributed by atoms with E-state index >= 15 is 0 Å². The van der Waals surface area contributed by atoms with E-state index in [1.54, 1.807) is 0 Å². The Labute approximate surface area is 188 Å². The number of hydrogen-bond donors (Lipinski definition) is 1. The lowest BCUT2D eigenvalue weighted by atomic mass is 10.1. The first-order chi connectivity index (χ1) is 15.5. The molecule has 0 saturated carbocycles. The summed E-state index contributed by atoms with van der Waals surface area (Å²) in [7, 11) is 0. The third-order valence-electron chi connectivity index (χ3n) is 5.32. The molecule has 0 radical (unpaired) electrons. The maximum atomic E-state index is 6.20. The van der Waals surface area contributed by atoms with Crippen LogP contribution in [0.1, 0.15) is 25.4 Å². The molecule has 32 heavy (non-hydrogen) atoms. The molecule has 1 aromatic heterocycles. The molecule has 0 aliphatic carbocycles. The number of rotatable bonds is 6. The van der Waals surface area contributed by atoms with Crippen molar-refractivity contribution < 1.29 is 13.9 Å². The molecule has 0 bridgehead atoms. The Bertz CT molecular complexity index is 1320. The van der Waals surface area contributed by atoms with E-state index in [9.17, 15) is 0 Å². The van der Waals surface area contributed by atoms with Crippen molar-refractivity contribution in [3.8, 4) is 22.6 Å². The molecule has 0 amide bonds. The highest BCUT2D eigenvalue weighted by molar-refractivity contribution is 5.93. The molecule has 2 N–H and O–H groups in total. The second kappa shape index (κ2) is 9.18. The first kappa shape index (κ1) is 21.5. The number of furan rings is 1. The minimum Gasteiger partial charge on any atom is -0.494 e. The summed E-state index contributed by atoms with van der Waals surface area (Å²) in [6, 6.07) is 19.8. The molecule has 0 spiro atoms. The molecule has 0 fully saturated rings. The zero-order valence-corrected chi connectivity index (χ0v) is 18.9. The molecule has 0 unspecified atom stereocenters. The molecule has 5 heteroatoms.